The first-order valence-corrected chi connectivity index (χ1v) is 11.2. The number of rotatable bonds is 6. The number of benzene rings is 1. The largest absolute Gasteiger partial charge is 0.453 e. The van der Waals surface area contributed by atoms with Crippen molar-refractivity contribution in [2.24, 2.45) is 5.92 Å². The molecule has 1 amide bonds. The van der Waals surface area contributed by atoms with Gasteiger partial charge in [-0.1, -0.05) is 37.5 Å². The van der Waals surface area contributed by atoms with Gasteiger partial charge in [0, 0.05) is 24.6 Å². The van der Waals surface area contributed by atoms with Crippen LogP contribution in [0.25, 0.3) is 0 Å². The van der Waals surface area contributed by atoms with Crippen molar-refractivity contribution in [1.29, 1.82) is 5.26 Å². The first-order valence-electron chi connectivity index (χ1n) is 11.2. The molecule has 1 aromatic carbocycles. The molecule has 1 saturated heterocycles. The fraction of sp³-hybridized carbons (Fsp3) is 0.458. The number of nitriles is 1. The molecule has 2 heterocycles. The monoisotopic (exact) mass is 433 g/mol. The summed E-state index contributed by atoms with van der Waals surface area (Å²) in [7, 11) is 0. The smallest absolute Gasteiger partial charge is 0.285 e. The Bertz CT molecular complexity index is 991. The summed E-state index contributed by atoms with van der Waals surface area (Å²) in [4.78, 5) is 26.0. The van der Waals surface area contributed by atoms with Crippen LogP contribution in [-0.2, 0) is 4.79 Å². The van der Waals surface area contributed by atoms with Gasteiger partial charge in [-0.2, -0.15) is 5.26 Å². The van der Waals surface area contributed by atoms with Gasteiger partial charge in [-0.25, -0.2) is 0 Å². The van der Waals surface area contributed by atoms with Crippen molar-refractivity contribution in [2.75, 3.05) is 18.0 Å². The molecule has 0 radical (unpaired) electrons. The van der Waals surface area contributed by atoms with Gasteiger partial charge in [0.05, 0.1) is 0 Å². The van der Waals surface area contributed by atoms with Gasteiger partial charge >= 0.3 is 0 Å². The summed E-state index contributed by atoms with van der Waals surface area (Å²) in [6.07, 6.45) is 9.36. The SMILES string of the molecule is N#CNC(=O)c1nnc(N2CCC(C=O)CC2)c(Oc2ccccc2)c1C1CCCCC1. The molecular weight excluding hydrogens is 406 g/mol. The maximum Gasteiger partial charge on any atom is 0.285 e. The van der Waals surface area contributed by atoms with Crippen molar-refractivity contribution >= 4 is 18.0 Å². The Balaban J connectivity index is 1.82. The van der Waals surface area contributed by atoms with E-state index in [0.717, 1.165) is 56.8 Å². The molecule has 0 unspecified atom stereocenters. The predicted octanol–water partition coefficient (Wildman–Crippen LogP) is 3.94. The number of carbonyl (C=O) groups is 2. The third-order valence-electron chi connectivity index (χ3n) is 6.34. The molecule has 1 saturated carbocycles. The zero-order valence-electron chi connectivity index (χ0n) is 18.0. The van der Waals surface area contributed by atoms with E-state index in [9.17, 15) is 9.59 Å². The number of ether oxygens (including phenoxy) is 1. The normalized spacial score (nSPS) is 17.4. The summed E-state index contributed by atoms with van der Waals surface area (Å²) in [6, 6.07) is 9.42. The number of nitrogens with one attached hydrogen (secondary N) is 1. The number of piperidine rings is 1. The number of para-hydroxylation sites is 1. The molecule has 4 rings (SSSR count). The van der Waals surface area contributed by atoms with Crippen molar-refractivity contribution < 1.29 is 14.3 Å². The van der Waals surface area contributed by atoms with Gasteiger partial charge < -0.3 is 14.4 Å². The first-order chi connectivity index (χ1) is 15.7. The van der Waals surface area contributed by atoms with Crippen molar-refractivity contribution in [3.63, 3.8) is 0 Å². The topological polar surface area (TPSA) is 108 Å². The lowest BCUT2D eigenvalue weighted by atomic mass is 9.82. The number of aromatic nitrogens is 2. The van der Waals surface area contributed by atoms with Crippen LogP contribution in [0.2, 0.25) is 0 Å². The summed E-state index contributed by atoms with van der Waals surface area (Å²) in [5.41, 5.74) is 0.875. The maximum absolute atomic E-state index is 12.7. The zero-order chi connectivity index (χ0) is 22.3. The second kappa shape index (κ2) is 10.2. The molecule has 0 atom stereocenters. The minimum Gasteiger partial charge on any atom is -0.453 e. The van der Waals surface area contributed by atoms with Gasteiger partial charge in [-0.3, -0.25) is 10.1 Å². The van der Waals surface area contributed by atoms with E-state index in [4.69, 9.17) is 10.00 Å². The molecule has 0 spiro atoms. The summed E-state index contributed by atoms with van der Waals surface area (Å²) >= 11 is 0. The number of hydrogen-bond acceptors (Lipinski definition) is 7. The lowest BCUT2D eigenvalue weighted by Crippen LogP contribution is -2.36. The zero-order valence-corrected chi connectivity index (χ0v) is 18.0. The van der Waals surface area contributed by atoms with Gasteiger partial charge in [-0.15, -0.1) is 10.2 Å². The lowest BCUT2D eigenvalue weighted by molar-refractivity contribution is -0.111. The van der Waals surface area contributed by atoms with Crippen LogP contribution >= 0.6 is 0 Å². The van der Waals surface area contributed by atoms with Crippen LogP contribution in [-0.4, -0.2) is 35.5 Å². The van der Waals surface area contributed by atoms with Crippen molar-refractivity contribution in [3.8, 4) is 17.7 Å². The summed E-state index contributed by atoms with van der Waals surface area (Å²) in [6.45, 7) is 1.33. The van der Waals surface area contributed by atoms with Crippen LogP contribution < -0.4 is 15.0 Å². The maximum atomic E-state index is 12.7. The second-order valence-electron chi connectivity index (χ2n) is 8.39. The minimum atomic E-state index is -0.565. The summed E-state index contributed by atoms with van der Waals surface area (Å²) in [5.74, 6) is 1.36. The van der Waals surface area contributed by atoms with Crippen molar-refractivity contribution in [1.82, 2.24) is 15.5 Å². The molecule has 1 aliphatic heterocycles. The molecule has 1 aromatic heterocycles. The minimum absolute atomic E-state index is 0.0520. The van der Waals surface area contributed by atoms with Crippen LogP contribution in [0.1, 0.15) is 66.9 Å². The highest BCUT2D eigenvalue weighted by Gasteiger charge is 2.32. The number of aldehydes is 1. The van der Waals surface area contributed by atoms with E-state index >= 15 is 0 Å². The molecular formula is C24H27N5O3. The Hall–Kier alpha value is -3.47. The Morgan fingerprint density at radius 2 is 1.81 bits per heavy atom. The Morgan fingerprint density at radius 1 is 1.09 bits per heavy atom. The molecule has 2 aromatic rings. The van der Waals surface area contributed by atoms with E-state index < -0.39 is 5.91 Å². The Kier molecular flexibility index (Phi) is 6.95. The molecule has 166 valence electrons. The summed E-state index contributed by atoms with van der Waals surface area (Å²) < 4.78 is 6.39. The molecule has 1 aliphatic carbocycles. The standard InChI is InChI=1S/C24H27N5O3/c25-16-26-24(31)21-20(18-7-3-1-4-8-18)22(32-19-9-5-2-6-10-19)23(28-27-21)29-13-11-17(15-30)12-14-29/h2,5-6,9-10,15,17-18H,1,3-4,7-8,11-14H2,(H,26,31). The molecule has 32 heavy (non-hydrogen) atoms. The lowest BCUT2D eigenvalue weighted by Gasteiger charge is -2.33. The molecule has 2 fully saturated rings. The van der Waals surface area contributed by atoms with Gasteiger partial charge in [0.25, 0.3) is 5.91 Å². The van der Waals surface area contributed by atoms with Gasteiger partial charge in [0.2, 0.25) is 0 Å². The molecule has 8 heteroatoms. The molecule has 8 nitrogen and oxygen atoms in total. The van der Waals surface area contributed by atoms with E-state index in [2.05, 4.69) is 20.4 Å². The van der Waals surface area contributed by atoms with Gasteiger partial charge in [0.15, 0.2) is 23.5 Å². The Morgan fingerprint density at radius 3 is 2.47 bits per heavy atom. The van der Waals surface area contributed by atoms with Crippen LogP contribution in [0.3, 0.4) is 0 Å². The van der Waals surface area contributed by atoms with Crippen LogP contribution in [0.4, 0.5) is 5.82 Å². The van der Waals surface area contributed by atoms with E-state index in [1.165, 1.54) is 0 Å². The Labute approximate surface area is 187 Å². The number of nitrogens with zero attached hydrogens (tertiary/aromatic N) is 4. The second-order valence-corrected chi connectivity index (χ2v) is 8.39. The molecule has 0 bridgehead atoms. The molecule has 2 aliphatic rings. The fourth-order valence-electron chi connectivity index (χ4n) is 4.63. The number of anilines is 1. The van der Waals surface area contributed by atoms with Crippen LogP contribution in [0.5, 0.6) is 11.5 Å². The third-order valence-corrected chi connectivity index (χ3v) is 6.34. The van der Waals surface area contributed by atoms with E-state index in [0.29, 0.717) is 30.4 Å². The average molecular weight is 434 g/mol. The quantitative estimate of drug-likeness (QED) is 0.417. The van der Waals surface area contributed by atoms with Crippen LogP contribution in [0, 0.1) is 17.4 Å². The van der Waals surface area contributed by atoms with E-state index in [-0.39, 0.29) is 17.5 Å². The van der Waals surface area contributed by atoms with Gasteiger partial charge in [-0.05, 0) is 43.7 Å². The third kappa shape index (κ3) is 4.72. The highest BCUT2D eigenvalue weighted by atomic mass is 16.5. The highest BCUT2D eigenvalue weighted by Crippen LogP contribution is 2.44. The highest BCUT2D eigenvalue weighted by molar-refractivity contribution is 5.96. The predicted molar refractivity (Wildman–Crippen MR) is 118 cm³/mol. The van der Waals surface area contributed by atoms with E-state index in [1.54, 1.807) is 6.19 Å². The van der Waals surface area contributed by atoms with Crippen LogP contribution in [0.15, 0.2) is 30.3 Å². The molecule has 1 N–H and O–H groups in total. The fourth-order valence-corrected chi connectivity index (χ4v) is 4.63. The average Bonchev–Trinajstić information content (AvgIpc) is 2.85. The van der Waals surface area contributed by atoms with Crippen molar-refractivity contribution in [2.45, 2.75) is 50.9 Å². The van der Waals surface area contributed by atoms with E-state index in [1.807, 2.05) is 30.3 Å². The van der Waals surface area contributed by atoms with Crippen molar-refractivity contribution in [3.05, 3.63) is 41.6 Å². The summed E-state index contributed by atoms with van der Waals surface area (Å²) in [5, 5.41) is 19.9. The number of hydrogen-bond donors (Lipinski definition) is 1. The number of amides is 1. The number of carbonyl (C=O) groups excluding carboxylic acids is 2. The van der Waals surface area contributed by atoms with Gasteiger partial charge in [0.1, 0.15) is 12.0 Å². The first kappa shape index (κ1) is 21.8.